The van der Waals surface area contributed by atoms with Crippen molar-refractivity contribution in [1.29, 1.82) is 0 Å². The van der Waals surface area contributed by atoms with E-state index >= 15 is 0 Å². The predicted molar refractivity (Wildman–Crippen MR) is 75.6 cm³/mol. The first-order chi connectivity index (χ1) is 11.0. The first-order valence-electron chi connectivity index (χ1n) is 7.34. The van der Waals surface area contributed by atoms with Crippen molar-refractivity contribution in [3.05, 3.63) is 47.3 Å². The third-order valence-corrected chi connectivity index (χ3v) is 4.35. The van der Waals surface area contributed by atoms with E-state index in [1.807, 2.05) is 0 Å². The molecule has 1 saturated heterocycles. The molecule has 3 aliphatic carbocycles. The number of fused-ring (bicyclic) bond motifs is 2. The van der Waals surface area contributed by atoms with Crippen molar-refractivity contribution >= 4 is 23.5 Å². The molecule has 0 aromatic rings. The van der Waals surface area contributed by atoms with Gasteiger partial charge in [-0.05, 0) is 18.2 Å². The quantitative estimate of drug-likeness (QED) is 0.557. The van der Waals surface area contributed by atoms with Crippen molar-refractivity contribution in [1.82, 2.24) is 0 Å². The zero-order valence-electron chi connectivity index (χ0n) is 12.0. The summed E-state index contributed by atoms with van der Waals surface area (Å²) in [6.07, 6.45) is 8.17. The summed E-state index contributed by atoms with van der Waals surface area (Å²) in [6, 6.07) is 0. The molecule has 0 aromatic carbocycles. The maximum atomic E-state index is 11.8. The normalized spacial score (nSPS) is 32.0. The summed E-state index contributed by atoms with van der Waals surface area (Å²) < 4.78 is 10.4. The van der Waals surface area contributed by atoms with E-state index in [0.717, 1.165) is 0 Å². The van der Waals surface area contributed by atoms with Gasteiger partial charge in [0.25, 0.3) is 0 Å². The standard InChI is InChI=1S/C17H12O6/c18-14-7-15(19)12-5-8(1-3-10(12)14)22-9-2-4-11-13(6-9)17(21)23-16(11)20/h2-6,8,11,13H,1,7H2. The highest BCUT2D eigenvalue weighted by atomic mass is 16.6. The van der Waals surface area contributed by atoms with E-state index < -0.39 is 23.8 Å². The molecule has 0 bridgehead atoms. The van der Waals surface area contributed by atoms with Crippen LogP contribution < -0.4 is 0 Å². The van der Waals surface area contributed by atoms with Crippen LogP contribution >= 0.6 is 0 Å². The largest absolute Gasteiger partial charge is 0.486 e. The molecule has 3 atom stereocenters. The van der Waals surface area contributed by atoms with E-state index in [2.05, 4.69) is 4.74 Å². The van der Waals surface area contributed by atoms with Gasteiger partial charge in [-0.1, -0.05) is 12.2 Å². The molecule has 0 amide bonds. The van der Waals surface area contributed by atoms with Gasteiger partial charge in [0.2, 0.25) is 0 Å². The zero-order chi connectivity index (χ0) is 16.1. The SMILES string of the molecule is O=C1CC(=O)C2=CC(OC3=CC4C(=O)OC(=O)C4C=C3)CC=C12. The van der Waals surface area contributed by atoms with Gasteiger partial charge in [0.05, 0.1) is 18.3 Å². The Morgan fingerprint density at radius 2 is 1.70 bits per heavy atom. The van der Waals surface area contributed by atoms with Crippen LogP contribution in [0.5, 0.6) is 0 Å². The molecular formula is C17H12O6. The Balaban J connectivity index is 1.52. The minimum Gasteiger partial charge on any atom is -0.486 e. The van der Waals surface area contributed by atoms with Crippen LogP contribution in [0.1, 0.15) is 12.8 Å². The van der Waals surface area contributed by atoms with Crippen LogP contribution in [0.4, 0.5) is 0 Å². The molecule has 0 N–H and O–H groups in total. The monoisotopic (exact) mass is 312 g/mol. The highest BCUT2D eigenvalue weighted by molar-refractivity contribution is 6.27. The Morgan fingerprint density at radius 3 is 2.52 bits per heavy atom. The smallest absolute Gasteiger partial charge is 0.321 e. The molecule has 0 spiro atoms. The topological polar surface area (TPSA) is 86.7 Å². The lowest BCUT2D eigenvalue weighted by molar-refractivity contribution is -0.153. The van der Waals surface area contributed by atoms with Gasteiger partial charge in [0.15, 0.2) is 11.6 Å². The van der Waals surface area contributed by atoms with Gasteiger partial charge in [-0.2, -0.15) is 0 Å². The lowest BCUT2D eigenvalue weighted by Crippen LogP contribution is -2.20. The minimum absolute atomic E-state index is 0.0787. The van der Waals surface area contributed by atoms with E-state index in [9.17, 15) is 19.2 Å². The van der Waals surface area contributed by atoms with E-state index in [0.29, 0.717) is 23.3 Å². The lowest BCUT2D eigenvalue weighted by Gasteiger charge is -2.22. The second kappa shape index (κ2) is 4.87. The number of ether oxygens (including phenoxy) is 2. The molecule has 0 aromatic heterocycles. The predicted octanol–water partition coefficient (Wildman–Crippen LogP) is 0.939. The summed E-state index contributed by atoms with van der Waals surface area (Å²) in [5.74, 6) is -2.24. The number of cyclic esters (lactones) is 2. The maximum Gasteiger partial charge on any atom is 0.321 e. The number of ketones is 2. The molecule has 6 nitrogen and oxygen atoms in total. The Kier molecular flexibility index (Phi) is 2.94. The van der Waals surface area contributed by atoms with Crippen LogP contribution in [0.15, 0.2) is 47.3 Å². The molecule has 0 radical (unpaired) electrons. The minimum atomic E-state index is -0.653. The summed E-state index contributed by atoms with van der Waals surface area (Å²) in [4.78, 5) is 46.5. The molecule has 23 heavy (non-hydrogen) atoms. The third kappa shape index (κ3) is 2.18. The van der Waals surface area contributed by atoms with Crippen LogP contribution in [0.25, 0.3) is 0 Å². The summed E-state index contributed by atoms with van der Waals surface area (Å²) in [5.41, 5.74) is 0.896. The fraction of sp³-hybridized carbons (Fsp3) is 0.294. The van der Waals surface area contributed by atoms with E-state index in [1.54, 1.807) is 30.4 Å². The summed E-state index contributed by atoms with van der Waals surface area (Å²) in [5, 5.41) is 0. The van der Waals surface area contributed by atoms with E-state index in [1.165, 1.54) is 0 Å². The van der Waals surface area contributed by atoms with Crippen molar-refractivity contribution in [2.45, 2.75) is 18.9 Å². The number of carbonyl (C=O) groups is 4. The molecule has 2 fully saturated rings. The molecule has 4 rings (SSSR count). The molecule has 1 heterocycles. The third-order valence-electron chi connectivity index (χ3n) is 4.35. The van der Waals surface area contributed by atoms with Gasteiger partial charge < -0.3 is 9.47 Å². The van der Waals surface area contributed by atoms with Crippen molar-refractivity contribution < 1.29 is 28.7 Å². The first-order valence-corrected chi connectivity index (χ1v) is 7.34. The average Bonchev–Trinajstić information content (AvgIpc) is 2.96. The van der Waals surface area contributed by atoms with Crippen LogP contribution in [-0.2, 0) is 28.7 Å². The van der Waals surface area contributed by atoms with Crippen LogP contribution in [0.2, 0.25) is 0 Å². The number of Topliss-reactive ketones (excluding diaryl/α,β-unsaturated/α-hetero) is 2. The number of allylic oxidation sites excluding steroid dienone is 3. The van der Waals surface area contributed by atoms with Gasteiger partial charge in [0, 0.05) is 17.6 Å². The molecule has 116 valence electrons. The number of carbonyl (C=O) groups excluding carboxylic acids is 4. The van der Waals surface area contributed by atoms with Crippen molar-refractivity contribution in [3.63, 3.8) is 0 Å². The van der Waals surface area contributed by atoms with E-state index in [4.69, 9.17) is 4.74 Å². The van der Waals surface area contributed by atoms with Crippen molar-refractivity contribution in [3.8, 4) is 0 Å². The number of hydrogen-bond donors (Lipinski definition) is 0. The van der Waals surface area contributed by atoms with Crippen LogP contribution in [0.3, 0.4) is 0 Å². The molecule has 1 aliphatic heterocycles. The summed E-state index contributed by atoms with van der Waals surface area (Å²) >= 11 is 0. The van der Waals surface area contributed by atoms with Gasteiger partial charge in [-0.15, -0.1) is 0 Å². The van der Waals surface area contributed by atoms with E-state index in [-0.39, 0.29) is 24.1 Å². The average molecular weight is 312 g/mol. The van der Waals surface area contributed by atoms with Crippen molar-refractivity contribution in [2.75, 3.05) is 0 Å². The van der Waals surface area contributed by atoms with Gasteiger partial charge in [0.1, 0.15) is 11.9 Å². The molecule has 1 saturated carbocycles. The number of rotatable bonds is 2. The summed E-state index contributed by atoms with van der Waals surface area (Å²) in [7, 11) is 0. The highest BCUT2D eigenvalue weighted by Gasteiger charge is 2.43. The second-order valence-electron chi connectivity index (χ2n) is 5.83. The Morgan fingerprint density at radius 1 is 0.957 bits per heavy atom. The highest BCUT2D eigenvalue weighted by Crippen LogP contribution is 2.34. The second-order valence-corrected chi connectivity index (χ2v) is 5.83. The lowest BCUT2D eigenvalue weighted by atomic mass is 9.90. The summed E-state index contributed by atoms with van der Waals surface area (Å²) in [6.45, 7) is 0. The Hall–Kier alpha value is -2.76. The molecular weight excluding hydrogens is 300 g/mol. The number of esters is 2. The maximum absolute atomic E-state index is 11.8. The van der Waals surface area contributed by atoms with Gasteiger partial charge in [-0.25, -0.2) is 0 Å². The number of hydrogen-bond acceptors (Lipinski definition) is 6. The first kappa shape index (κ1) is 13.9. The van der Waals surface area contributed by atoms with Gasteiger partial charge >= 0.3 is 11.9 Å². The molecule has 4 aliphatic rings. The fourth-order valence-corrected chi connectivity index (χ4v) is 3.20. The zero-order valence-corrected chi connectivity index (χ0v) is 12.0. The molecule has 3 unspecified atom stereocenters. The Bertz CT molecular complexity index is 779. The fourth-order valence-electron chi connectivity index (χ4n) is 3.20. The van der Waals surface area contributed by atoms with Crippen molar-refractivity contribution in [2.24, 2.45) is 11.8 Å². The van der Waals surface area contributed by atoms with Gasteiger partial charge in [-0.3, -0.25) is 19.2 Å². The Labute approximate surface area is 131 Å². The van der Waals surface area contributed by atoms with Crippen LogP contribution in [-0.4, -0.2) is 29.6 Å². The van der Waals surface area contributed by atoms with Crippen LogP contribution in [0, 0.1) is 11.8 Å². The molecule has 6 heteroatoms.